The van der Waals surface area contributed by atoms with Crippen LogP contribution >= 0.6 is 11.8 Å². The monoisotopic (exact) mass is 452 g/mol. The standard InChI is InChI=1S/C23H24N4O4S/c1-26-12-11-24-23(26)32-15-21(28)25-17-9-7-16(8-10-17)22(29)27(2)13-18-14-30-19-5-3-4-6-20(19)31-18/h3-12,18H,13-15H2,1-2H3,(H,25,28)/t18-/m0/s1. The first kappa shape index (κ1) is 21.8. The fraction of sp³-hybridized carbons (Fsp3) is 0.261. The number of anilines is 1. The van der Waals surface area contributed by atoms with Crippen molar-refractivity contribution in [2.45, 2.75) is 11.3 Å². The maximum atomic E-state index is 12.8. The Hall–Kier alpha value is -3.46. The van der Waals surface area contributed by atoms with Crippen LogP contribution in [0, 0.1) is 0 Å². The molecule has 1 N–H and O–H groups in total. The van der Waals surface area contributed by atoms with Crippen LogP contribution < -0.4 is 14.8 Å². The average Bonchev–Trinajstić information content (AvgIpc) is 3.22. The average molecular weight is 453 g/mol. The Bertz CT molecular complexity index is 1100. The van der Waals surface area contributed by atoms with Gasteiger partial charge in [0.05, 0.1) is 12.3 Å². The lowest BCUT2D eigenvalue weighted by atomic mass is 10.1. The number of rotatable bonds is 7. The van der Waals surface area contributed by atoms with Gasteiger partial charge < -0.3 is 24.3 Å². The Kier molecular flexibility index (Phi) is 6.65. The first-order valence-corrected chi connectivity index (χ1v) is 11.1. The number of imidazole rings is 1. The van der Waals surface area contributed by atoms with E-state index >= 15 is 0 Å². The summed E-state index contributed by atoms with van der Waals surface area (Å²) in [6.45, 7) is 0.784. The molecule has 1 aliphatic rings. The molecule has 9 heteroatoms. The zero-order chi connectivity index (χ0) is 22.5. The normalized spacial score (nSPS) is 14.6. The number of hydrogen-bond donors (Lipinski definition) is 1. The lowest BCUT2D eigenvalue weighted by Crippen LogP contribution is -2.41. The van der Waals surface area contributed by atoms with Gasteiger partial charge in [0.25, 0.3) is 5.91 Å². The fourth-order valence-corrected chi connectivity index (χ4v) is 4.01. The van der Waals surface area contributed by atoms with Crippen molar-refractivity contribution in [2.24, 2.45) is 7.05 Å². The SMILES string of the molecule is CN(C[C@H]1COc2ccccc2O1)C(=O)c1ccc(NC(=O)CSc2nccn2C)cc1. The van der Waals surface area contributed by atoms with E-state index in [2.05, 4.69) is 10.3 Å². The third-order valence-electron chi connectivity index (χ3n) is 4.92. The number of thioether (sulfide) groups is 1. The van der Waals surface area contributed by atoms with Crippen molar-refractivity contribution < 1.29 is 19.1 Å². The molecule has 0 unspecified atom stereocenters. The van der Waals surface area contributed by atoms with Gasteiger partial charge >= 0.3 is 0 Å². The Morgan fingerprint density at radius 3 is 2.66 bits per heavy atom. The van der Waals surface area contributed by atoms with Gasteiger partial charge in [-0.25, -0.2) is 4.98 Å². The number of aryl methyl sites for hydroxylation is 1. The first-order valence-electron chi connectivity index (χ1n) is 10.1. The highest BCUT2D eigenvalue weighted by Crippen LogP contribution is 2.31. The molecule has 32 heavy (non-hydrogen) atoms. The molecule has 8 nitrogen and oxygen atoms in total. The van der Waals surface area contributed by atoms with Gasteiger partial charge in [-0.2, -0.15) is 0 Å². The topological polar surface area (TPSA) is 85.7 Å². The number of nitrogens with one attached hydrogen (secondary N) is 1. The lowest BCUT2D eigenvalue weighted by molar-refractivity contribution is -0.113. The highest BCUT2D eigenvalue weighted by atomic mass is 32.2. The van der Waals surface area contributed by atoms with Crippen molar-refractivity contribution in [2.75, 3.05) is 31.3 Å². The van der Waals surface area contributed by atoms with Gasteiger partial charge in [-0.15, -0.1) is 0 Å². The Morgan fingerprint density at radius 2 is 1.94 bits per heavy atom. The van der Waals surface area contributed by atoms with Gasteiger partial charge in [0.2, 0.25) is 5.91 Å². The Morgan fingerprint density at radius 1 is 1.19 bits per heavy atom. The van der Waals surface area contributed by atoms with E-state index in [4.69, 9.17) is 9.47 Å². The van der Waals surface area contributed by atoms with Crippen molar-refractivity contribution in [3.8, 4) is 11.5 Å². The highest BCUT2D eigenvalue weighted by molar-refractivity contribution is 7.99. The summed E-state index contributed by atoms with van der Waals surface area (Å²) in [7, 11) is 3.61. The molecule has 0 bridgehead atoms. The molecule has 0 radical (unpaired) electrons. The predicted molar refractivity (Wildman–Crippen MR) is 122 cm³/mol. The molecule has 0 spiro atoms. The van der Waals surface area contributed by atoms with Gasteiger partial charge in [0.15, 0.2) is 22.8 Å². The molecule has 166 valence electrons. The van der Waals surface area contributed by atoms with E-state index in [-0.39, 0.29) is 23.7 Å². The number of amides is 2. The molecule has 2 amide bonds. The quantitative estimate of drug-likeness (QED) is 0.555. The number of carbonyl (C=O) groups excluding carboxylic acids is 2. The van der Waals surface area contributed by atoms with Crippen LogP contribution in [0.1, 0.15) is 10.4 Å². The first-order chi connectivity index (χ1) is 15.5. The molecule has 0 saturated heterocycles. The molecule has 1 aliphatic heterocycles. The van der Waals surface area contributed by atoms with Crippen LogP contribution in [0.3, 0.4) is 0 Å². The van der Waals surface area contributed by atoms with Crippen LogP contribution in [0.25, 0.3) is 0 Å². The smallest absolute Gasteiger partial charge is 0.253 e. The molecule has 1 aromatic heterocycles. The van der Waals surface area contributed by atoms with E-state index in [0.717, 1.165) is 5.16 Å². The third-order valence-corrected chi connectivity index (χ3v) is 5.97. The van der Waals surface area contributed by atoms with Crippen molar-refractivity contribution >= 4 is 29.3 Å². The van der Waals surface area contributed by atoms with Gasteiger partial charge in [-0.05, 0) is 36.4 Å². The van der Waals surface area contributed by atoms with Crippen LogP contribution in [-0.2, 0) is 11.8 Å². The van der Waals surface area contributed by atoms with Crippen LogP contribution in [0.2, 0.25) is 0 Å². The zero-order valence-corrected chi connectivity index (χ0v) is 18.7. The highest BCUT2D eigenvalue weighted by Gasteiger charge is 2.24. The van der Waals surface area contributed by atoms with Crippen LogP contribution in [-0.4, -0.2) is 58.3 Å². The molecular weight excluding hydrogens is 428 g/mol. The molecule has 0 fully saturated rings. The van der Waals surface area contributed by atoms with Crippen LogP contribution in [0.4, 0.5) is 5.69 Å². The third kappa shape index (κ3) is 5.23. The maximum absolute atomic E-state index is 12.8. The number of likely N-dealkylation sites (N-methyl/N-ethyl adjacent to an activating group) is 1. The second-order valence-electron chi connectivity index (χ2n) is 7.42. The predicted octanol–water partition coefficient (Wildman–Crippen LogP) is 3.06. The zero-order valence-electron chi connectivity index (χ0n) is 17.9. The largest absolute Gasteiger partial charge is 0.486 e. The van der Waals surface area contributed by atoms with Gasteiger partial charge in [0.1, 0.15) is 6.61 Å². The van der Waals surface area contributed by atoms with E-state index in [1.54, 1.807) is 42.4 Å². The number of ether oxygens (including phenoxy) is 2. The number of aromatic nitrogens is 2. The van der Waals surface area contributed by atoms with Gasteiger partial charge in [-0.1, -0.05) is 23.9 Å². The summed E-state index contributed by atoms with van der Waals surface area (Å²) in [4.78, 5) is 30.8. The van der Waals surface area contributed by atoms with Gasteiger partial charge in [-0.3, -0.25) is 9.59 Å². The van der Waals surface area contributed by atoms with Crippen molar-refractivity contribution in [1.82, 2.24) is 14.5 Å². The number of hydrogen-bond acceptors (Lipinski definition) is 6. The van der Waals surface area contributed by atoms with Crippen molar-refractivity contribution in [3.63, 3.8) is 0 Å². The molecule has 0 saturated carbocycles. The summed E-state index contributed by atoms with van der Waals surface area (Å²) in [6.07, 6.45) is 3.28. The number of fused-ring (bicyclic) bond motifs is 1. The summed E-state index contributed by atoms with van der Waals surface area (Å²) in [5, 5.41) is 3.61. The minimum absolute atomic E-state index is 0.129. The van der Waals surface area contributed by atoms with Gasteiger partial charge in [0, 0.05) is 37.7 Å². The Labute approximate surface area is 190 Å². The number of carbonyl (C=O) groups is 2. The van der Waals surface area contributed by atoms with E-state index < -0.39 is 0 Å². The molecule has 2 heterocycles. The molecule has 2 aromatic carbocycles. The second-order valence-corrected chi connectivity index (χ2v) is 8.36. The Balaban J connectivity index is 1.28. The number of benzene rings is 2. The summed E-state index contributed by atoms with van der Waals surface area (Å²) >= 11 is 1.36. The fourth-order valence-electron chi connectivity index (χ4n) is 3.28. The van der Waals surface area contributed by atoms with Crippen molar-refractivity contribution in [1.29, 1.82) is 0 Å². The number of para-hydroxylation sites is 2. The molecular formula is C23H24N4O4S. The summed E-state index contributed by atoms with van der Waals surface area (Å²) < 4.78 is 13.5. The van der Waals surface area contributed by atoms with Crippen molar-refractivity contribution in [3.05, 3.63) is 66.5 Å². The van der Waals surface area contributed by atoms with E-state index in [1.807, 2.05) is 42.1 Å². The van der Waals surface area contributed by atoms with E-state index in [1.165, 1.54) is 11.8 Å². The molecule has 1 atom stereocenters. The summed E-state index contributed by atoms with van der Waals surface area (Å²) in [5.74, 6) is 1.39. The van der Waals surface area contributed by atoms with E-state index in [9.17, 15) is 9.59 Å². The summed E-state index contributed by atoms with van der Waals surface area (Å²) in [5.41, 5.74) is 1.17. The minimum atomic E-state index is -0.242. The molecule has 0 aliphatic carbocycles. The second kappa shape index (κ2) is 9.78. The number of nitrogens with zero attached hydrogens (tertiary/aromatic N) is 3. The minimum Gasteiger partial charge on any atom is -0.486 e. The summed E-state index contributed by atoms with van der Waals surface area (Å²) in [6, 6.07) is 14.3. The maximum Gasteiger partial charge on any atom is 0.253 e. The van der Waals surface area contributed by atoms with Crippen LogP contribution in [0.5, 0.6) is 11.5 Å². The van der Waals surface area contributed by atoms with E-state index in [0.29, 0.717) is 35.9 Å². The van der Waals surface area contributed by atoms with Crippen LogP contribution in [0.15, 0.2) is 66.1 Å². The molecule has 3 aromatic rings. The molecule has 4 rings (SSSR count). The lowest BCUT2D eigenvalue weighted by Gasteiger charge is -2.29.